The van der Waals surface area contributed by atoms with Crippen molar-refractivity contribution in [1.82, 2.24) is 10.2 Å². The quantitative estimate of drug-likeness (QED) is 0.348. The van der Waals surface area contributed by atoms with E-state index in [4.69, 9.17) is 25.7 Å². The number of benzene rings is 2. The summed E-state index contributed by atoms with van der Waals surface area (Å²) in [5.74, 6) is -1.42. The van der Waals surface area contributed by atoms with E-state index in [1.54, 1.807) is 30.3 Å². The van der Waals surface area contributed by atoms with Gasteiger partial charge in [-0.3, -0.25) is 24.5 Å². The third-order valence-electron chi connectivity index (χ3n) is 5.15. The Bertz CT molecular complexity index is 1030. The van der Waals surface area contributed by atoms with Gasteiger partial charge < -0.3 is 25.8 Å². The largest absolute Gasteiger partial charge is 0.489 e. The number of hydrogen-bond donors (Lipinski definition) is 4. The first-order valence-electron chi connectivity index (χ1n) is 10.1. The summed E-state index contributed by atoms with van der Waals surface area (Å²) in [6, 6.07) is 11.2. The van der Waals surface area contributed by atoms with Crippen LogP contribution in [0, 0.1) is 5.41 Å². The number of carboxylic acids is 1. The second-order valence-electron chi connectivity index (χ2n) is 7.19. The number of hydrogen-bond acceptors (Lipinski definition) is 5. The Kier molecular flexibility index (Phi) is 8.90. The molecule has 178 valence electrons. The molecule has 0 spiro atoms. The number of nitrogens with two attached hydrogens (primary N) is 1. The molecule has 10 heteroatoms. The van der Waals surface area contributed by atoms with E-state index in [-0.39, 0.29) is 25.7 Å². The number of carbonyl (C=O) groups excluding carboxylic acids is 2. The highest BCUT2D eigenvalue weighted by Gasteiger charge is 2.35. The maximum atomic E-state index is 12.9. The molecule has 33 heavy (non-hydrogen) atoms. The van der Waals surface area contributed by atoms with Crippen LogP contribution in [0.25, 0.3) is 0 Å². The fraction of sp³-hybridized carbons (Fsp3) is 0.304. The lowest BCUT2D eigenvalue weighted by Gasteiger charge is -2.34. The molecule has 0 saturated carbocycles. The molecule has 2 aromatic rings. The molecule has 1 aliphatic rings. The fourth-order valence-corrected chi connectivity index (χ4v) is 3.49. The Morgan fingerprint density at radius 1 is 1.30 bits per heavy atom. The lowest BCUT2D eigenvalue weighted by molar-refractivity contribution is -0.141. The molecule has 0 radical (unpaired) electrons. The van der Waals surface area contributed by atoms with Crippen LogP contribution in [0.1, 0.15) is 40.9 Å². The number of nitrogens with one attached hydrogen (secondary N) is 2. The minimum Gasteiger partial charge on any atom is -0.489 e. The van der Waals surface area contributed by atoms with Crippen molar-refractivity contribution in [2.24, 2.45) is 5.73 Å². The predicted molar refractivity (Wildman–Crippen MR) is 122 cm³/mol. The summed E-state index contributed by atoms with van der Waals surface area (Å²) in [6.45, 7) is 0.557. The minimum atomic E-state index is -1.15. The fourth-order valence-electron chi connectivity index (χ4n) is 3.49. The Morgan fingerprint density at radius 3 is 2.55 bits per heavy atom. The van der Waals surface area contributed by atoms with Crippen LogP contribution in [0.5, 0.6) is 5.75 Å². The smallest absolute Gasteiger partial charge is 0.305 e. The maximum absolute atomic E-state index is 12.9. The van der Waals surface area contributed by atoms with Gasteiger partial charge in [0.15, 0.2) is 0 Å². The SMILES string of the molecule is C.CNC(=O)C(CC(=O)O)N1CCc2cc(OCc3ccc(C(=N)N)cc3)ccc2C1=O.[3H]F. The number of halogens is 1. The lowest BCUT2D eigenvalue weighted by atomic mass is 9.96. The summed E-state index contributed by atoms with van der Waals surface area (Å²) in [6.07, 6.45) is 0.0308. The van der Waals surface area contributed by atoms with E-state index in [1.807, 2.05) is 12.1 Å². The van der Waals surface area contributed by atoms with Crippen LogP contribution in [-0.2, 0) is 22.6 Å². The zero-order chi connectivity index (χ0) is 24.5. The Labute approximate surface area is 192 Å². The Morgan fingerprint density at radius 2 is 1.97 bits per heavy atom. The number of ether oxygens (including phenoxy) is 1. The summed E-state index contributed by atoms with van der Waals surface area (Å²) < 4.78 is 18.8. The van der Waals surface area contributed by atoms with Crippen molar-refractivity contribution in [3.8, 4) is 5.75 Å². The predicted octanol–water partition coefficient (Wildman–Crippen LogP) is 1.93. The highest BCUT2D eigenvalue weighted by molar-refractivity contribution is 6.00. The molecule has 1 atom stereocenters. The summed E-state index contributed by atoms with van der Waals surface area (Å²) in [4.78, 5) is 37.5. The van der Waals surface area contributed by atoms with Gasteiger partial charge in [-0.05, 0) is 35.7 Å². The van der Waals surface area contributed by atoms with Gasteiger partial charge in [0.05, 0.1) is 6.42 Å². The Hall–Kier alpha value is -3.95. The highest BCUT2D eigenvalue weighted by atomic mass is 19.0. The van der Waals surface area contributed by atoms with Crippen molar-refractivity contribution in [3.63, 3.8) is 0 Å². The molecule has 1 heterocycles. The maximum Gasteiger partial charge on any atom is 0.305 e. The molecular formula is C23H29FN4O5. The van der Waals surface area contributed by atoms with Gasteiger partial charge in [-0.1, -0.05) is 31.7 Å². The van der Waals surface area contributed by atoms with E-state index in [9.17, 15) is 14.4 Å². The van der Waals surface area contributed by atoms with Crippen LogP contribution in [0.2, 0.25) is 0 Å². The second-order valence-corrected chi connectivity index (χ2v) is 7.19. The summed E-state index contributed by atoms with van der Waals surface area (Å²) in [7, 11) is 1.41. The third-order valence-corrected chi connectivity index (χ3v) is 5.15. The van der Waals surface area contributed by atoms with Gasteiger partial charge in [0, 0.05) is 24.7 Å². The molecule has 1 unspecified atom stereocenters. The van der Waals surface area contributed by atoms with E-state index < -0.39 is 24.3 Å². The van der Waals surface area contributed by atoms with E-state index >= 15 is 0 Å². The zero-order valence-corrected chi connectivity index (χ0v) is 17.4. The van der Waals surface area contributed by atoms with Gasteiger partial charge in [0.1, 0.15) is 24.2 Å². The van der Waals surface area contributed by atoms with E-state index in [2.05, 4.69) is 6.77 Å². The van der Waals surface area contributed by atoms with Crippen LogP contribution in [-0.4, -0.2) is 54.7 Å². The molecule has 9 nitrogen and oxygen atoms in total. The van der Waals surface area contributed by atoms with Gasteiger partial charge in [-0.25, -0.2) is 0 Å². The number of nitrogens with zero attached hydrogens (tertiary/aromatic N) is 1. The average molecular weight is 463 g/mol. The second kappa shape index (κ2) is 11.6. The van der Waals surface area contributed by atoms with Gasteiger partial charge in [0.2, 0.25) is 5.91 Å². The monoisotopic (exact) mass is 462 g/mol. The molecule has 1 aliphatic heterocycles. The molecule has 0 aliphatic carbocycles. The number of nitrogen functional groups attached to an aromatic ring is 1. The van der Waals surface area contributed by atoms with E-state index in [0.29, 0.717) is 29.9 Å². The number of amides is 2. The number of rotatable bonds is 8. The number of amidine groups is 1. The highest BCUT2D eigenvalue weighted by Crippen LogP contribution is 2.26. The van der Waals surface area contributed by atoms with Gasteiger partial charge in [-0.2, -0.15) is 0 Å². The number of likely N-dealkylation sites (N-methyl/N-ethyl adjacent to an activating group) is 1. The normalized spacial score (nSPS) is 13.2. The number of carboxylic acid groups (broad SMARTS) is 1. The number of carbonyl (C=O) groups is 3. The molecule has 5 N–H and O–H groups in total. The van der Waals surface area contributed by atoms with E-state index in [1.165, 1.54) is 11.9 Å². The summed E-state index contributed by atoms with van der Waals surface area (Å²) in [5.41, 5.74) is 8.22. The lowest BCUT2D eigenvalue weighted by Crippen LogP contribution is -2.52. The first-order valence-corrected chi connectivity index (χ1v) is 9.73. The molecule has 0 bridgehead atoms. The zero-order valence-electron chi connectivity index (χ0n) is 18.4. The van der Waals surface area contributed by atoms with Crippen molar-refractivity contribution < 1.29 is 28.9 Å². The summed E-state index contributed by atoms with van der Waals surface area (Å²) >= 11 is 0. The van der Waals surface area contributed by atoms with Crippen LogP contribution in [0.15, 0.2) is 42.5 Å². The van der Waals surface area contributed by atoms with Crippen molar-refractivity contribution >= 4 is 23.6 Å². The number of fused-ring (bicyclic) bond motifs is 1. The van der Waals surface area contributed by atoms with Gasteiger partial charge in [0.25, 0.3) is 7.36 Å². The van der Waals surface area contributed by atoms with E-state index in [0.717, 1.165) is 11.1 Å². The van der Waals surface area contributed by atoms with Crippen LogP contribution in [0.4, 0.5) is 4.72 Å². The van der Waals surface area contributed by atoms with Crippen molar-refractivity contribution in [3.05, 3.63) is 64.7 Å². The van der Waals surface area contributed by atoms with Crippen molar-refractivity contribution in [2.75, 3.05) is 13.6 Å². The van der Waals surface area contributed by atoms with Gasteiger partial charge >= 0.3 is 5.97 Å². The first kappa shape index (κ1) is 25.3. The molecule has 0 saturated heterocycles. The number of aliphatic carboxylic acids is 1. The van der Waals surface area contributed by atoms with Gasteiger partial charge in [-0.15, -0.1) is 0 Å². The average Bonchev–Trinajstić information content (AvgIpc) is 2.82. The first-order chi connectivity index (χ1) is 15.8. The molecule has 2 aromatic carbocycles. The Balaban J connectivity index is 0.00000188. The van der Waals surface area contributed by atoms with Crippen molar-refractivity contribution in [1.29, 1.82) is 6.86 Å². The van der Waals surface area contributed by atoms with Crippen LogP contribution < -0.4 is 15.8 Å². The molecule has 0 fully saturated rings. The summed E-state index contributed by atoms with van der Waals surface area (Å²) in [5, 5.41) is 19.0. The molecular weight excluding hydrogens is 431 g/mol. The van der Waals surface area contributed by atoms with Crippen LogP contribution in [0.3, 0.4) is 0 Å². The molecule has 2 amide bonds. The topological polar surface area (TPSA) is 146 Å². The molecule has 3 rings (SSSR count). The minimum absolute atomic E-state index is 0. The van der Waals surface area contributed by atoms with Crippen LogP contribution >= 0.6 is 0 Å². The molecule has 0 aromatic heterocycles. The third kappa shape index (κ3) is 6.28. The standard InChI is InChI=1S/C22H24N4O5.CH4.FH/c1-25-21(29)18(11-19(27)28)26-9-8-15-10-16(6-7-17(15)22(26)30)31-12-13-2-4-14(5-3-13)20(23)24;;/h2-7,10,18H,8-9,11-12H2,1H3,(H3,23,24)(H,25,29)(H,27,28);1H4;1H/i/hT. The van der Waals surface area contributed by atoms with Crippen molar-refractivity contribution in [2.45, 2.75) is 32.9 Å².